The van der Waals surface area contributed by atoms with Crippen molar-refractivity contribution in [3.8, 4) is 0 Å². The topological polar surface area (TPSA) is 54.0 Å². The lowest BCUT2D eigenvalue weighted by atomic mass is 9.93. The van der Waals surface area contributed by atoms with E-state index in [1.54, 1.807) is 0 Å². The first-order valence-corrected chi connectivity index (χ1v) is 7.84. The standard InChI is InChI=1S/C15H15F2N3OS/c1-8-2-4-12-13(6-8)22-15(19-12)20-14(21)18-11-5-3-9(16)7-10(11)17/h3,5,7-8H,2,4,6H2,1H3,(H2,18,19,20,21). The van der Waals surface area contributed by atoms with E-state index in [4.69, 9.17) is 0 Å². The van der Waals surface area contributed by atoms with E-state index in [0.717, 1.165) is 37.1 Å². The number of thiazole rings is 1. The Morgan fingerprint density at radius 1 is 1.36 bits per heavy atom. The van der Waals surface area contributed by atoms with Crippen LogP contribution in [0, 0.1) is 17.6 Å². The van der Waals surface area contributed by atoms with E-state index in [0.29, 0.717) is 11.0 Å². The van der Waals surface area contributed by atoms with Crippen molar-refractivity contribution >= 4 is 28.2 Å². The third-order valence-corrected chi connectivity index (χ3v) is 4.62. The van der Waals surface area contributed by atoms with Gasteiger partial charge in [-0.1, -0.05) is 6.92 Å². The summed E-state index contributed by atoms with van der Waals surface area (Å²) in [6.45, 7) is 2.19. The van der Waals surface area contributed by atoms with Gasteiger partial charge in [-0.15, -0.1) is 11.3 Å². The van der Waals surface area contributed by atoms with Crippen molar-refractivity contribution < 1.29 is 13.6 Å². The second kappa shape index (κ2) is 6.00. The van der Waals surface area contributed by atoms with Crippen LogP contribution < -0.4 is 10.6 Å². The molecule has 1 aliphatic rings. The molecule has 1 aromatic carbocycles. The minimum absolute atomic E-state index is 0.0751. The Kier molecular flexibility index (Phi) is 4.06. The quantitative estimate of drug-likeness (QED) is 0.870. The highest BCUT2D eigenvalue weighted by molar-refractivity contribution is 7.15. The molecule has 2 aromatic rings. The fourth-order valence-corrected chi connectivity index (χ4v) is 3.60. The van der Waals surface area contributed by atoms with Gasteiger partial charge >= 0.3 is 6.03 Å². The molecular weight excluding hydrogens is 308 g/mol. The van der Waals surface area contributed by atoms with Crippen molar-refractivity contribution in [1.29, 1.82) is 0 Å². The van der Waals surface area contributed by atoms with Gasteiger partial charge in [0.05, 0.1) is 11.4 Å². The molecule has 0 bridgehead atoms. The van der Waals surface area contributed by atoms with Gasteiger partial charge in [-0.3, -0.25) is 5.32 Å². The number of nitrogens with one attached hydrogen (secondary N) is 2. The Hall–Kier alpha value is -2.02. The van der Waals surface area contributed by atoms with E-state index in [1.807, 2.05) is 0 Å². The summed E-state index contributed by atoms with van der Waals surface area (Å²) in [4.78, 5) is 17.5. The van der Waals surface area contributed by atoms with Crippen LogP contribution in [0.2, 0.25) is 0 Å². The maximum absolute atomic E-state index is 13.5. The van der Waals surface area contributed by atoms with Crippen LogP contribution in [-0.2, 0) is 12.8 Å². The molecule has 4 nitrogen and oxygen atoms in total. The number of rotatable bonds is 2. The Bertz CT molecular complexity index is 717. The number of hydrogen-bond donors (Lipinski definition) is 2. The molecule has 0 aliphatic heterocycles. The van der Waals surface area contributed by atoms with Crippen LogP contribution >= 0.6 is 11.3 Å². The van der Waals surface area contributed by atoms with E-state index in [2.05, 4.69) is 22.5 Å². The molecule has 0 spiro atoms. The maximum Gasteiger partial charge on any atom is 0.325 e. The van der Waals surface area contributed by atoms with Crippen molar-refractivity contribution in [3.63, 3.8) is 0 Å². The summed E-state index contributed by atoms with van der Waals surface area (Å²) in [5.41, 5.74) is 0.959. The molecule has 3 rings (SSSR count). The zero-order valence-electron chi connectivity index (χ0n) is 12.0. The fourth-order valence-electron chi connectivity index (χ4n) is 2.43. The molecule has 116 valence electrons. The zero-order chi connectivity index (χ0) is 15.7. The highest BCUT2D eigenvalue weighted by Gasteiger charge is 2.20. The van der Waals surface area contributed by atoms with Crippen LogP contribution in [0.25, 0.3) is 0 Å². The first kappa shape index (κ1) is 14.9. The molecule has 0 saturated carbocycles. The Labute approximate surface area is 130 Å². The van der Waals surface area contributed by atoms with Crippen LogP contribution in [0.3, 0.4) is 0 Å². The number of anilines is 2. The van der Waals surface area contributed by atoms with E-state index >= 15 is 0 Å². The van der Waals surface area contributed by atoms with E-state index < -0.39 is 17.7 Å². The highest BCUT2D eigenvalue weighted by atomic mass is 32.1. The molecule has 1 atom stereocenters. The second-order valence-corrected chi connectivity index (χ2v) is 6.52. The summed E-state index contributed by atoms with van der Waals surface area (Å²) in [6.07, 6.45) is 2.99. The summed E-state index contributed by atoms with van der Waals surface area (Å²) in [5.74, 6) is -0.879. The number of aromatic nitrogens is 1. The third kappa shape index (κ3) is 3.24. The Balaban J connectivity index is 1.67. The van der Waals surface area contributed by atoms with Crippen LogP contribution in [0.5, 0.6) is 0 Å². The number of urea groups is 1. The highest BCUT2D eigenvalue weighted by Crippen LogP contribution is 2.32. The lowest BCUT2D eigenvalue weighted by Crippen LogP contribution is -2.20. The second-order valence-electron chi connectivity index (χ2n) is 5.44. The number of nitrogens with zero attached hydrogens (tertiary/aromatic N) is 1. The zero-order valence-corrected chi connectivity index (χ0v) is 12.8. The van der Waals surface area contributed by atoms with Crippen molar-refractivity contribution in [3.05, 3.63) is 40.4 Å². The predicted octanol–water partition coefficient (Wildman–Crippen LogP) is 4.19. The number of halogens is 2. The van der Waals surface area contributed by atoms with Gasteiger partial charge in [0.2, 0.25) is 0 Å². The summed E-state index contributed by atoms with van der Waals surface area (Å²) in [7, 11) is 0. The molecule has 1 heterocycles. The first-order valence-electron chi connectivity index (χ1n) is 7.03. The van der Waals surface area contributed by atoms with E-state index in [1.165, 1.54) is 22.3 Å². The number of carbonyl (C=O) groups excluding carboxylic acids is 1. The molecular formula is C15H15F2N3OS. The van der Waals surface area contributed by atoms with Crippen LogP contribution in [-0.4, -0.2) is 11.0 Å². The molecule has 1 unspecified atom stereocenters. The van der Waals surface area contributed by atoms with Gasteiger partial charge in [-0.05, 0) is 37.3 Å². The monoisotopic (exact) mass is 323 g/mol. The molecule has 0 fully saturated rings. The number of amides is 2. The molecule has 2 N–H and O–H groups in total. The molecule has 22 heavy (non-hydrogen) atoms. The predicted molar refractivity (Wildman–Crippen MR) is 82.3 cm³/mol. The molecule has 1 aromatic heterocycles. The average Bonchev–Trinajstić information content (AvgIpc) is 2.83. The number of fused-ring (bicyclic) bond motifs is 1. The van der Waals surface area contributed by atoms with Gasteiger partial charge in [-0.25, -0.2) is 18.6 Å². The Morgan fingerprint density at radius 2 is 2.18 bits per heavy atom. The smallest absolute Gasteiger partial charge is 0.305 e. The molecule has 2 amide bonds. The molecule has 0 radical (unpaired) electrons. The van der Waals surface area contributed by atoms with Crippen molar-refractivity contribution in [2.75, 3.05) is 10.6 Å². The van der Waals surface area contributed by atoms with Gasteiger partial charge in [0.1, 0.15) is 11.6 Å². The fraction of sp³-hybridized carbons (Fsp3) is 0.333. The summed E-state index contributed by atoms with van der Waals surface area (Å²) < 4.78 is 26.3. The van der Waals surface area contributed by atoms with E-state index in [9.17, 15) is 13.6 Å². The lowest BCUT2D eigenvalue weighted by molar-refractivity contribution is 0.262. The summed E-state index contributed by atoms with van der Waals surface area (Å²) in [6, 6.07) is 2.39. The number of carbonyl (C=O) groups is 1. The molecule has 7 heteroatoms. The van der Waals surface area contributed by atoms with Crippen molar-refractivity contribution in [1.82, 2.24) is 4.98 Å². The molecule has 0 saturated heterocycles. The number of aryl methyl sites for hydroxylation is 1. The Morgan fingerprint density at radius 3 is 2.95 bits per heavy atom. The summed E-state index contributed by atoms with van der Waals surface area (Å²) >= 11 is 1.45. The molecule has 1 aliphatic carbocycles. The van der Waals surface area contributed by atoms with Crippen LogP contribution in [0.1, 0.15) is 23.9 Å². The lowest BCUT2D eigenvalue weighted by Gasteiger charge is -2.15. The summed E-state index contributed by atoms with van der Waals surface area (Å²) in [5, 5.41) is 5.45. The number of hydrogen-bond acceptors (Lipinski definition) is 3. The van der Waals surface area contributed by atoms with Gasteiger partial charge in [0, 0.05) is 10.9 Å². The largest absolute Gasteiger partial charge is 0.325 e. The average molecular weight is 323 g/mol. The minimum Gasteiger partial charge on any atom is -0.305 e. The normalized spacial score (nSPS) is 17.0. The SMILES string of the molecule is CC1CCc2nc(NC(=O)Nc3ccc(F)cc3F)sc2C1. The van der Waals surface area contributed by atoms with Gasteiger partial charge in [0.15, 0.2) is 5.13 Å². The third-order valence-electron chi connectivity index (χ3n) is 3.59. The first-order chi connectivity index (χ1) is 10.5. The van der Waals surface area contributed by atoms with Crippen LogP contribution in [0.15, 0.2) is 18.2 Å². The number of benzene rings is 1. The van der Waals surface area contributed by atoms with Crippen molar-refractivity contribution in [2.24, 2.45) is 5.92 Å². The van der Waals surface area contributed by atoms with Crippen molar-refractivity contribution in [2.45, 2.75) is 26.2 Å². The van der Waals surface area contributed by atoms with Crippen LogP contribution in [0.4, 0.5) is 24.4 Å². The van der Waals surface area contributed by atoms with Gasteiger partial charge < -0.3 is 5.32 Å². The minimum atomic E-state index is -0.817. The maximum atomic E-state index is 13.5. The van der Waals surface area contributed by atoms with Gasteiger partial charge in [0.25, 0.3) is 0 Å². The van der Waals surface area contributed by atoms with Gasteiger partial charge in [-0.2, -0.15) is 0 Å². The van der Waals surface area contributed by atoms with E-state index in [-0.39, 0.29) is 5.69 Å².